The number of ether oxygens (including phenoxy) is 1. The van der Waals surface area contributed by atoms with Crippen LogP contribution in [0.25, 0.3) is 11.0 Å². The third-order valence-corrected chi connectivity index (χ3v) is 4.63. The normalized spacial score (nSPS) is 17.9. The fraction of sp³-hybridized carbons (Fsp3) is 0.278. The predicted molar refractivity (Wildman–Crippen MR) is 88.2 cm³/mol. The summed E-state index contributed by atoms with van der Waals surface area (Å²) >= 11 is 6.20. The maximum atomic E-state index is 14.2. The van der Waals surface area contributed by atoms with Gasteiger partial charge < -0.3 is 9.30 Å². The Bertz CT molecular complexity index is 835. The number of hydrogen-bond donors (Lipinski definition) is 0. The molecular formula is C18H16ClFN2O. The van der Waals surface area contributed by atoms with E-state index in [1.807, 2.05) is 28.8 Å². The molecule has 2 aromatic carbocycles. The van der Waals surface area contributed by atoms with Crippen molar-refractivity contribution in [1.82, 2.24) is 9.55 Å². The largest absolute Gasteiger partial charge is 0.370 e. The van der Waals surface area contributed by atoms with Crippen molar-refractivity contribution in [2.24, 2.45) is 0 Å². The van der Waals surface area contributed by atoms with Crippen molar-refractivity contribution in [3.63, 3.8) is 0 Å². The minimum atomic E-state index is -0.298. The topological polar surface area (TPSA) is 27.1 Å². The lowest BCUT2D eigenvalue weighted by atomic mass is 10.2. The van der Waals surface area contributed by atoms with Crippen LogP contribution in [0, 0.1) is 5.82 Å². The maximum Gasteiger partial charge on any atom is 0.139 e. The van der Waals surface area contributed by atoms with E-state index < -0.39 is 0 Å². The van der Waals surface area contributed by atoms with E-state index in [1.165, 1.54) is 6.07 Å². The molecule has 0 spiro atoms. The Labute approximate surface area is 138 Å². The van der Waals surface area contributed by atoms with Gasteiger partial charge in [-0.05, 0) is 37.1 Å². The standard InChI is InChI=1S/C18H16ClFN2O/c19-13-5-3-6-14(20)12(13)11-22-16-8-2-1-7-15(16)21-18(22)17-9-4-10-23-17/h1-3,5-8,17H,4,9-11H2/t17-/m0/s1. The summed E-state index contributed by atoms with van der Waals surface area (Å²) in [4.78, 5) is 4.72. The van der Waals surface area contributed by atoms with E-state index in [-0.39, 0.29) is 11.9 Å². The van der Waals surface area contributed by atoms with Crippen LogP contribution in [-0.4, -0.2) is 16.2 Å². The summed E-state index contributed by atoms with van der Waals surface area (Å²) in [7, 11) is 0. The summed E-state index contributed by atoms with van der Waals surface area (Å²) in [6.07, 6.45) is 1.93. The van der Waals surface area contributed by atoms with Crippen molar-refractivity contribution < 1.29 is 9.13 Å². The van der Waals surface area contributed by atoms with Crippen LogP contribution in [0.15, 0.2) is 42.5 Å². The lowest BCUT2D eigenvalue weighted by Crippen LogP contribution is -2.11. The molecule has 0 amide bonds. The molecule has 0 saturated carbocycles. The average molecular weight is 331 g/mol. The summed E-state index contributed by atoms with van der Waals surface area (Å²) in [5, 5.41) is 0.432. The number of imidazole rings is 1. The first-order valence-corrected chi connectivity index (χ1v) is 8.11. The molecule has 1 fully saturated rings. The van der Waals surface area contributed by atoms with Gasteiger partial charge in [-0.1, -0.05) is 29.8 Å². The number of aromatic nitrogens is 2. The molecule has 1 aliphatic rings. The summed E-state index contributed by atoms with van der Waals surface area (Å²) in [6, 6.07) is 12.6. The van der Waals surface area contributed by atoms with Gasteiger partial charge in [-0.2, -0.15) is 0 Å². The van der Waals surface area contributed by atoms with Crippen molar-refractivity contribution in [3.05, 3.63) is 64.7 Å². The molecule has 1 aliphatic heterocycles. The van der Waals surface area contributed by atoms with E-state index >= 15 is 0 Å². The molecule has 0 N–H and O–H groups in total. The Morgan fingerprint density at radius 2 is 2.09 bits per heavy atom. The van der Waals surface area contributed by atoms with Gasteiger partial charge in [0.2, 0.25) is 0 Å². The maximum absolute atomic E-state index is 14.2. The van der Waals surface area contributed by atoms with E-state index in [4.69, 9.17) is 21.3 Å². The number of benzene rings is 2. The highest BCUT2D eigenvalue weighted by atomic mass is 35.5. The highest BCUT2D eigenvalue weighted by Gasteiger charge is 2.25. The summed E-state index contributed by atoms with van der Waals surface area (Å²) < 4.78 is 22.0. The number of nitrogens with zero attached hydrogens (tertiary/aromatic N) is 2. The van der Waals surface area contributed by atoms with Crippen molar-refractivity contribution in [1.29, 1.82) is 0 Å². The van der Waals surface area contributed by atoms with Crippen LogP contribution in [0.1, 0.15) is 30.3 Å². The lowest BCUT2D eigenvalue weighted by Gasteiger charge is -2.15. The SMILES string of the molecule is Fc1cccc(Cl)c1Cn1c([C@@H]2CCCO2)nc2ccccc21. The Balaban J connectivity index is 1.85. The Morgan fingerprint density at radius 1 is 1.22 bits per heavy atom. The van der Waals surface area contributed by atoms with E-state index in [0.717, 1.165) is 36.3 Å². The third kappa shape index (κ3) is 2.62. The smallest absolute Gasteiger partial charge is 0.139 e. The molecule has 4 rings (SSSR count). The zero-order valence-electron chi connectivity index (χ0n) is 12.5. The third-order valence-electron chi connectivity index (χ3n) is 4.28. The van der Waals surface area contributed by atoms with Gasteiger partial charge in [0.05, 0.1) is 17.6 Å². The number of hydrogen-bond acceptors (Lipinski definition) is 2. The van der Waals surface area contributed by atoms with Gasteiger partial charge in [0.25, 0.3) is 0 Å². The molecule has 0 bridgehead atoms. The number of halogens is 2. The number of rotatable bonds is 3. The van der Waals surface area contributed by atoms with Crippen LogP contribution in [-0.2, 0) is 11.3 Å². The molecule has 0 radical (unpaired) electrons. The molecule has 2 heterocycles. The molecule has 0 unspecified atom stereocenters. The minimum Gasteiger partial charge on any atom is -0.370 e. The average Bonchev–Trinajstić information content (AvgIpc) is 3.19. The van der Waals surface area contributed by atoms with Gasteiger partial charge in [-0.25, -0.2) is 9.37 Å². The van der Waals surface area contributed by atoms with Gasteiger partial charge in [0.1, 0.15) is 17.7 Å². The fourth-order valence-electron chi connectivity index (χ4n) is 3.13. The molecule has 1 aromatic heterocycles. The Kier molecular flexibility index (Phi) is 3.79. The van der Waals surface area contributed by atoms with Crippen LogP contribution in [0.2, 0.25) is 5.02 Å². The van der Waals surface area contributed by atoms with E-state index in [9.17, 15) is 4.39 Å². The molecule has 1 atom stereocenters. The van der Waals surface area contributed by atoms with Gasteiger partial charge in [-0.3, -0.25) is 0 Å². The van der Waals surface area contributed by atoms with Crippen molar-refractivity contribution >= 4 is 22.6 Å². The van der Waals surface area contributed by atoms with E-state index in [2.05, 4.69) is 0 Å². The first kappa shape index (κ1) is 14.7. The second kappa shape index (κ2) is 5.95. The van der Waals surface area contributed by atoms with Crippen LogP contribution < -0.4 is 0 Å². The summed E-state index contributed by atoms with van der Waals surface area (Å²) in [5.41, 5.74) is 2.35. The second-order valence-electron chi connectivity index (χ2n) is 5.75. The molecule has 5 heteroatoms. The quantitative estimate of drug-likeness (QED) is 0.694. The molecule has 3 nitrogen and oxygen atoms in total. The first-order chi connectivity index (χ1) is 11.2. The van der Waals surface area contributed by atoms with Gasteiger partial charge in [0, 0.05) is 17.2 Å². The van der Waals surface area contributed by atoms with Gasteiger partial charge in [0.15, 0.2) is 0 Å². The molecule has 1 saturated heterocycles. The fourth-order valence-corrected chi connectivity index (χ4v) is 3.35. The monoisotopic (exact) mass is 330 g/mol. The van der Waals surface area contributed by atoms with E-state index in [0.29, 0.717) is 17.1 Å². The Hall–Kier alpha value is -1.91. The zero-order valence-corrected chi connectivity index (χ0v) is 13.3. The number of fused-ring (bicyclic) bond motifs is 1. The van der Waals surface area contributed by atoms with Crippen LogP contribution in [0.5, 0.6) is 0 Å². The van der Waals surface area contributed by atoms with Crippen molar-refractivity contribution in [2.45, 2.75) is 25.5 Å². The zero-order chi connectivity index (χ0) is 15.8. The molecule has 0 aliphatic carbocycles. The van der Waals surface area contributed by atoms with Crippen molar-refractivity contribution in [2.75, 3.05) is 6.61 Å². The molecule has 23 heavy (non-hydrogen) atoms. The van der Waals surface area contributed by atoms with Gasteiger partial charge >= 0.3 is 0 Å². The lowest BCUT2D eigenvalue weighted by molar-refractivity contribution is 0.103. The van der Waals surface area contributed by atoms with Crippen LogP contribution >= 0.6 is 11.6 Å². The molecule has 3 aromatic rings. The summed E-state index contributed by atoms with van der Waals surface area (Å²) in [6.45, 7) is 1.09. The molecular weight excluding hydrogens is 315 g/mol. The van der Waals surface area contributed by atoms with Crippen molar-refractivity contribution in [3.8, 4) is 0 Å². The highest BCUT2D eigenvalue weighted by molar-refractivity contribution is 6.31. The second-order valence-corrected chi connectivity index (χ2v) is 6.15. The minimum absolute atomic E-state index is 0.0343. The summed E-state index contributed by atoms with van der Waals surface area (Å²) in [5.74, 6) is 0.552. The van der Waals surface area contributed by atoms with Crippen LogP contribution in [0.4, 0.5) is 4.39 Å². The molecule has 118 valence electrons. The van der Waals surface area contributed by atoms with Gasteiger partial charge in [-0.15, -0.1) is 0 Å². The van der Waals surface area contributed by atoms with Crippen LogP contribution in [0.3, 0.4) is 0 Å². The highest BCUT2D eigenvalue weighted by Crippen LogP contribution is 2.32. The predicted octanol–water partition coefficient (Wildman–Crippen LogP) is 4.73. The van der Waals surface area contributed by atoms with E-state index in [1.54, 1.807) is 12.1 Å². The first-order valence-electron chi connectivity index (χ1n) is 7.73. The Morgan fingerprint density at radius 3 is 2.87 bits per heavy atom. The number of para-hydroxylation sites is 2.